The molecule has 7 nitrogen and oxygen atoms in total. The van der Waals surface area contributed by atoms with Crippen molar-refractivity contribution in [3.05, 3.63) is 58.7 Å². The van der Waals surface area contributed by atoms with Crippen LogP contribution in [0.3, 0.4) is 0 Å². The Labute approximate surface area is 163 Å². The van der Waals surface area contributed by atoms with Crippen LogP contribution in [-0.4, -0.2) is 48.0 Å². The zero-order chi connectivity index (χ0) is 21.0. The number of esters is 1. The Kier molecular flexibility index (Phi) is 6.51. The zero-order valence-corrected chi connectivity index (χ0v) is 16.6. The van der Waals surface area contributed by atoms with E-state index in [2.05, 4.69) is 0 Å². The number of Topliss-reactive ketones (excluding diaryl/α,β-unsaturated/α-hetero) is 2. The fourth-order valence-corrected chi connectivity index (χ4v) is 2.90. The van der Waals surface area contributed by atoms with E-state index in [0.29, 0.717) is 5.57 Å². The largest absolute Gasteiger partial charge is 0.492 e. The minimum atomic E-state index is -0.765. The summed E-state index contributed by atoms with van der Waals surface area (Å²) in [5, 5.41) is 0. The molecule has 1 aliphatic carbocycles. The van der Waals surface area contributed by atoms with Crippen molar-refractivity contribution in [1.82, 2.24) is 4.90 Å². The molecule has 2 aliphatic rings. The number of nitrogens with zero attached hydrogens (tertiary/aromatic N) is 1. The number of hydrogen-bond acceptors (Lipinski definition) is 7. The summed E-state index contributed by atoms with van der Waals surface area (Å²) in [5.74, 6) is -1.51. The Morgan fingerprint density at radius 3 is 2.46 bits per heavy atom. The van der Waals surface area contributed by atoms with Crippen LogP contribution in [0.25, 0.3) is 0 Å². The van der Waals surface area contributed by atoms with Crippen LogP contribution in [0, 0.1) is 0 Å². The lowest BCUT2D eigenvalue weighted by Crippen LogP contribution is -2.42. The Morgan fingerprint density at radius 1 is 1.21 bits per heavy atom. The van der Waals surface area contributed by atoms with E-state index in [-0.39, 0.29) is 40.7 Å². The highest BCUT2D eigenvalue weighted by atomic mass is 16.5. The van der Waals surface area contributed by atoms with Crippen LogP contribution in [0.15, 0.2) is 58.7 Å². The minimum absolute atomic E-state index is 0.0319. The molecule has 0 bridgehead atoms. The summed E-state index contributed by atoms with van der Waals surface area (Å²) in [6.07, 6.45) is 7.53. The van der Waals surface area contributed by atoms with Gasteiger partial charge in [-0.2, -0.15) is 0 Å². The molecule has 0 N–H and O–H groups in total. The number of carbonyl (C=O) groups excluding carboxylic acids is 4. The predicted molar refractivity (Wildman–Crippen MR) is 102 cm³/mol. The fourth-order valence-electron chi connectivity index (χ4n) is 2.90. The Bertz CT molecular complexity index is 885. The van der Waals surface area contributed by atoms with Gasteiger partial charge < -0.3 is 14.4 Å². The van der Waals surface area contributed by atoms with E-state index >= 15 is 0 Å². The molecule has 1 heterocycles. The highest BCUT2D eigenvalue weighted by Gasteiger charge is 2.40. The third-order valence-electron chi connectivity index (χ3n) is 4.59. The van der Waals surface area contributed by atoms with Gasteiger partial charge in [-0.3, -0.25) is 14.4 Å². The summed E-state index contributed by atoms with van der Waals surface area (Å²) in [5.41, 5.74) is 1.06. The quantitative estimate of drug-likeness (QED) is 0.393. The van der Waals surface area contributed by atoms with Crippen LogP contribution in [0.1, 0.15) is 27.7 Å². The number of hydrogen-bond donors (Lipinski definition) is 0. The van der Waals surface area contributed by atoms with E-state index in [9.17, 15) is 19.2 Å². The van der Waals surface area contributed by atoms with E-state index in [1.807, 2.05) is 0 Å². The second-order valence-corrected chi connectivity index (χ2v) is 6.42. The normalized spacial score (nSPS) is 20.1. The molecule has 0 amide bonds. The predicted octanol–water partition coefficient (Wildman–Crippen LogP) is 2.17. The highest BCUT2D eigenvalue weighted by molar-refractivity contribution is 6.26. The molecule has 0 saturated carbocycles. The van der Waals surface area contributed by atoms with Crippen LogP contribution in [-0.2, 0) is 28.7 Å². The standard InChI is InChI=1S/C21H23NO6/c1-6-12(2)21(26)28-11-16-17-15(8-10-22(16)9-7-13(3)23)18(24)14(4)20(27-5)19(17)25/h6-10,16H,11H2,1-5H3/b9-7+,12-6-. The number of carbonyl (C=O) groups is 4. The van der Waals surface area contributed by atoms with Gasteiger partial charge in [0.15, 0.2) is 17.3 Å². The summed E-state index contributed by atoms with van der Waals surface area (Å²) in [6, 6.07) is -0.765. The maximum Gasteiger partial charge on any atom is 0.333 e. The maximum atomic E-state index is 13.0. The van der Waals surface area contributed by atoms with Crippen molar-refractivity contribution in [2.45, 2.75) is 33.7 Å². The molecule has 28 heavy (non-hydrogen) atoms. The minimum Gasteiger partial charge on any atom is -0.492 e. The molecule has 148 valence electrons. The van der Waals surface area contributed by atoms with Crippen LogP contribution in [0.2, 0.25) is 0 Å². The smallest absolute Gasteiger partial charge is 0.333 e. The molecule has 1 atom stereocenters. The molecular formula is C21H23NO6. The van der Waals surface area contributed by atoms with Gasteiger partial charge in [0.1, 0.15) is 6.61 Å². The van der Waals surface area contributed by atoms with Gasteiger partial charge in [0.05, 0.1) is 13.2 Å². The molecule has 0 fully saturated rings. The van der Waals surface area contributed by atoms with Gasteiger partial charge in [0.25, 0.3) is 0 Å². The number of methoxy groups -OCH3 is 1. The second kappa shape index (κ2) is 8.65. The first-order chi connectivity index (χ1) is 13.2. The molecule has 0 aromatic rings. The summed E-state index contributed by atoms with van der Waals surface area (Å²) < 4.78 is 10.5. The molecule has 0 radical (unpaired) electrons. The Hall–Kier alpha value is -3.22. The number of ketones is 3. The summed E-state index contributed by atoms with van der Waals surface area (Å²) in [6.45, 7) is 6.08. The van der Waals surface area contributed by atoms with Gasteiger partial charge in [0, 0.05) is 34.7 Å². The van der Waals surface area contributed by atoms with E-state index in [1.54, 1.807) is 31.0 Å². The average molecular weight is 385 g/mol. The van der Waals surface area contributed by atoms with Crippen molar-refractivity contribution in [2.75, 3.05) is 13.7 Å². The van der Waals surface area contributed by atoms with Crippen LogP contribution in [0.4, 0.5) is 0 Å². The second-order valence-electron chi connectivity index (χ2n) is 6.42. The molecule has 0 aromatic carbocycles. The topological polar surface area (TPSA) is 90.0 Å². The molecule has 0 aromatic heterocycles. The molecule has 0 spiro atoms. The van der Waals surface area contributed by atoms with Gasteiger partial charge in [-0.05, 0) is 39.8 Å². The first kappa shape index (κ1) is 21.1. The number of rotatable bonds is 6. The third-order valence-corrected chi connectivity index (χ3v) is 4.59. The van der Waals surface area contributed by atoms with E-state index in [1.165, 1.54) is 39.3 Å². The van der Waals surface area contributed by atoms with E-state index < -0.39 is 17.8 Å². The lowest BCUT2D eigenvalue weighted by atomic mass is 9.83. The first-order valence-electron chi connectivity index (χ1n) is 8.75. The van der Waals surface area contributed by atoms with Gasteiger partial charge in [-0.25, -0.2) is 4.79 Å². The molecule has 2 rings (SSSR count). The van der Waals surface area contributed by atoms with Crippen molar-refractivity contribution < 1.29 is 28.7 Å². The lowest BCUT2D eigenvalue weighted by molar-refractivity contribution is -0.140. The molecule has 1 aliphatic heterocycles. The summed E-state index contributed by atoms with van der Waals surface area (Å²) in [4.78, 5) is 50.6. The zero-order valence-electron chi connectivity index (χ0n) is 16.6. The van der Waals surface area contributed by atoms with E-state index in [4.69, 9.17) is 9.47 Å². The van der Waals surface area contributed by atoms with Crippen molar-refractivity contribution in [3.63, 3.8) is 0 Å². The van der Waals surface area contributed by atoms with E-state index in [0.717, 1.165) is 0 Å². The summed E-state index contributed by atoms with van der Waals surface area (Å²) >= 11 is 0. The Balaban J connectivity index is 2.46. The van der Waals surface area contributed by atoms with Crippen LogP contribution in [0.5, 0.6) is 0 Å². The van der Waals surface area contributed by atoms with Crippen molar-refractivity contribution in [1.29, 1.82) is 0 Å². The highest BCUT2D eigenvalue weighted by Crippen LogP contribution is 2.33. The molecule has 7 heteroatoms. The summed E-state index contributed by atoms with van der Waals surface area (Å²) in [7, 11) is 1.33. The number of ether oxygens (including phenoxy) is 2. The monoisotopic (exact) mass is 385 g/mol. The molecular weight excluding hydrogens is 362 g/mol. The van der Waals surface area contributed by atoms with Gasteiger partial charge in [0.2, 0.25) is 5.78 Å². The van der Waals surface area contributed by atoms with Crippen LogP contribution < -0.4 is 0 Å². The number of allylic oxidation sites excluding steroid dienone is 6. The van der Waals surface area contributed by atoms with Crippen molar-refractivity contribution >= 4 is 23.3 Å². The fraction of sp³-hybridized carbons (Fsp3) is 0.333. The third kappa shape index (κ3) is 4.03. The van der Waals surface area contributed by atoms with Crippen LogP contribution >= 0.6 is 0 Å². The first-order valence-corrected chi connectivity index (χ1v) is 8.75. The molecule has 1 unspecified atom stereocenters. The Morgan fingerprint density at radius 2 is 1.89 bits per heavy atom. The average Bonchev–Trinajstić information content (AvgIpc) is 2.68. The SMILES string of the molecule is C/C=C(/C)C(=O)OCC1C2=C(C=CN1/C=C/C(C)=O)C(=O)C(C)=C(OC)C2=O. The maximum absolute atomic E-state index is 13.0. The molecule has 0 saturated heterocycles. The van der Waals surface area contributed by atoms with Crippen molar-refractivity contribution in [3.8, 4) is 0 Å². The van der Waals surface area contributed by atoms with Gasteiger partial charge in [-0.1, -0.05) is 6.08 Å². The lowest BCUT2D eigenvalue weighted by Gasteiger charge is -2.35. The van der Waals surface area contributed by atoms with Gasteiger partial charge >= 0.3 is 5.97 Å². The van der Waals surface area contributed by atoms with Gasteiger partial charge in [-0.15, -0.1) is 0 Å². The van der Waals surface area contributed by atoms with Crippen molar-refractivity contribution in [2.24, 2.45) is 0 Å².